The van der Waals surface area contributed by atoms with Crippen LogP contribution in [0.5, 0.6) is 0 Å². The number of nitrogens with zero attached hydrogens (tertiary/aromatic N) is 2. The number of hydrogen-bond acceptors (Lipinski definition) is 5. The molecule has 1 fully saturated rings. The van der Waals surface area contributed by atoms with E-state index in [0.29, 0.717) is 18.0 Å². The van der Waals surface area contributed by atoms with Crippen molar-refractivity contribution in [3.05, 3.63) is 64.5 Å². The Hall–Kier alpha value is -2.44. The largest absolute Gasteiger partial charge is 0.355 e. The number of nitrogens with one attached hydrogen (secondary N) is 1. The number of amides is 1. The van der Waals surface area contributed by atoms with E-state index in [2.05, 4.69) is 32.9 Å². The second kappa shape index (κ2) is 7.85. The molecule has 6 heteroatoms. The molecule has 3 aromatic rings. The molecule has 1 aliphatic rings. The lowest BCUT2D eigenvalue weighted by Gasteiger charge is -2.26. The van der Waals surface area contributed by atoms with Crippen molar-refractivity contribution >= 4 is 17.2 Å². The van der Waals surface area contributed by atoms with Crippen molar-refractivity contribution in [1.29, 1.82) is 0 Å². The molecule has 0 saturated carbocycles. The lowest BCUT2D eigenvalue weighted by Crippen LogP contribution is -2.36. The smallest absolute Gasteiger partial charge is 0.273 e. The van der Waals surface area contributed by atoms with Crippen LogP contribution in [-0.4, -0.2) is 35.6 Å². The van der Waals surface area contributed by atoms with Crippen molar-refractivity contribution < 1.29 is 9.32 Å². The summed E-state index contributed by atoms with van der Waals surface area (Å²) in [4.78, 5) is 16.3. The van der Waals surface area contributed by atoms with Gasteiger partial charge in [-0.2, -0.15) is 0 Å². The van der Waals surface area contributed by atoms with Crippen LogP contribution in [0.4, 0.5) is 0 Å². The van der Waals surface area contributed by atoms with Gasteiger partial charge in [-0.15, -0.1) is 11.3 Å². The first-order valence-electron chi connectivity index (χ1n) is 8.89. The van der Waals surface area contributed by atoms with Crippen molar-refractivity contribution in [3.8, 4) is 11.3 Å². The molecule has 5 nitrogen and oxygen atoms in total. The Morgan fingerprint density at radius 3 is 2.73 bits per heavy atom. The molecule has 2 aromatic heterocycles. The molecule has 0 unspecified atom stereocenters. The van der Waals surface area contributed by atoms with Crippen LogP contribution in [0.3, 0.4) is 0 Å². The summed E-state index contributed by atoms with van der Waals surface area (Å²) in [5.41, 5.74) is 1.22. The summed E-state index contributed by atoms with van der Waals surface area (Å²) in [6, 6.07) is 15.8. The van der Waals surface area contributed by atoms with E-state index in [1.54, 1.807) is 17.4 Å². The molecule has 1 N–H and O–H groups in total. The Balaban J connectivity index is 1.43. The highest BCUT2D eigenvalue weighted by molar-refractivity contribution is 7.10. The summed E-state index contributed by atoms with van der Waals surface area (Å²) in [5.74, 6) is 0.404. The fraction of sp³-hybridized carbons (Fsp3) is 0.300. The summed E-state index contributed by atoms with van der Waals surface area (Å²) >= 11 is 1.74. The summed E-state index contributed by atoms with van der Waals surface area (Å²) in [5, 5.41) is 9.05. The first-order chi connectivity index (χ1) is 12.8. The van der Waals surface area contributed by atoms with Crippen LogP contribution in [0.15, 0.2) is 58.4 Å². The van der Waals surface area contributed by atoms with Gasteiger partial charge in [-0.05, 0) is 37.4 Å². The van der Waals surface area contributed by atoms with Crippen molar-refractivity contribution in [2.45, 2.75) is 18.9 Å². The summed E-state index contributed by atoms with van der Waals surface area (Å²) in [6.45, 7) is 2.74. The van der Waals surface area contributed by atoms with E-state index in [0.717, 1.165) is 18.7 Å². The average molecular weight is 367 g/mol. The zero-order valence-electron chi connectivity index (χ0n) is 14.4. The molecule has 1 aliphatic heterocycles. The third kappa shape index (κ3) is 3.71. The van der Waals surface area contributed by atoms with Crippen LogP contribution in [0.2, 0.25) is 0 Å². The minimum Gasteiger partial charge on any atom is -0.355 e. The number of thiophene rings is 1. The van der Waals surface area contributed by atoms with Gasteiger partial charge < -0.3 is 9.84 Å². The predicted molar refractivity (Wildman–Crippen MR) is 102 cm³/mol. The number of carbonyl (C=O) groups is 1. The van der Waals surface area contributed by atoms with Gasteiger partial charge in [0, 0.05) is 23.1 Å². The van der Waals surface area contributed by atoms with E-state index >= 15 is 0 Å². The van der Waals surface area contributed by atoms with Gasteiger partial charge in [-0.25, -0.2) is 0 Å². The Morgan fingerprint density at radius 2 is 2.00 bits per heavy atom. The van der Waals surface area contributed by atoms with Crippen LogP contribution in [0.1, 0.15) is 34.2 Å². The van der Waals surface area contributed by atoms with Crippen LogP contribution in [-0.2, 0) is 0 Å². The molecule has 3 heterocycles. The Labute approximate surface area is 156 Å². The monoisotopic (exact) mass is 367 g/mol. The molecule has 1 atom stereocenters. The summed E-state index contributed by atoms with van der Waals surface area (Å²) < 4.78 is 5.33. The highest BCUT2D eigenvalue weighted by Crippen LogP contribution is 2.28. The first-order valence-corrected chi connectivity index (χ1v) is 9.77. The van der Waals surface area contributed by atoms with Crippen molar-refractivity contribution in [3.63, 3.8) is 0 Å². The Kier molecular flexibility index (Phi) is 5.13. The quantitative estimate of drug-likeness (QED) is 0.716. The summed E-state index contributed by atoms with van der Waals surface area (Å²) in [7, 11) is 0. The fourth-order valence-electron chi connectivity index (χ4n) is 3.34. The number of benzene rings is 1. The van der Waals surface area contributed by atoms with Crippen LogP contribution in [0.25, 0.3) is 11.3 Å². The fourth-order valence-corrected chi connectivity index (χ4v) is 4.21. The van der Waals surface area contributed by atoms with Gasteiger partial charge in [0.15, 0.2) is 11.5 Å². The molecule has 0 aliphatic carbocycles. The molecule has 1 amide bonds. The average Bonchev–Trinajstić information content (AvgIpc) is 3.44. The van der Waals surface area contributed by atoms with Gasteiger partial charge in [-0.3, -0.25) is 9.69 Å². The zero-order chi connectivity index (χ0) is 17.8. The zero-order valence-corrected chi connectivity index (χ0v) is 15.2. The number of rotatable bonds is 6. The third-order valence-corrected chi connectivity index (χ3v) is 5.68. The molecule has 1 saturated heterocycles. The number of carbonyl (C=O) groups excluding carboxylic acids is 1. The molecule has 1 aromatic carbocycles. The van der Waals surface area contributed by atoms with Gasteiger partial charge in [0.05, 0.1) is 6.04 Å². The van der Waals surface area contributed by atoms with Crippen molar-refractivity contribution in [2.24, 2.45) is 0 Å². The normalized spacial score (nSPS) is 15.8. The molecule has 0 spiro atoms. The van der Waals surface area contributed by atoms with Gasteiger partial charge in [0.2, 0.25) is 0 Å². The maximum Gasteiger partial charge on any atom is 0.273 e. The second-order valence-corrected chi connectivity index (χ2v) is 7.41. The molecule has 4 rings (SSSR count). The van der Waals surface area contributed by atoms with E-state index in [4.69, 9.17) is 4.52 Å². The number of likely N-dealkylation sites (tertiary alicyclic amines) is 1. The van der Waals surface area contributed by atoms with Crippen LogP contribution >= 0.6 is 11.3 Å². The van der Waals surface area contributed by atoms with Gasteiger partial charge in [-0.1, -0.05) is 41.6 Å². The van der Waals surface area contributed by atoms with Gasteiger partial charge in [0.25, 0.3) is 5.91 Å². The third-order valence-electron chi connectivity index (χ3n) is 4.71. The molecular weight excluding hydrogens is 346 g/mol. The van der Waals surface area contributed by atoms with Crippen molar-refractivity contribution in [2.75, 3.05) is 19.6 Å². The van der Waals surface area contributed by atoms with E-state index in [1.165, 1.54) is 17.7 Å². The van der Waals surface area contributed by atoms with E-state index < -0.39 is 0 Å². The molecule has 26 heavy (non-hydrogen) atoms. The molecular formula is C20H21N3O2S. The second-order valence-electron chi connectivity index (χ2n) is 6.43. The molecule has 0 radical (unpaired) electrons. The lowest BCUT2D eigenvalue weighted by atomic mass is 10.1. The SMILES string of the molecule is O=C(NC[C@@H](c1cccs1)N1CCCC1)c1cc(-c2ccccc2)on1. The highest BCUT2D eigenvalue weighted by Gasteiger charge is 2.25. The first kappa shape index (κ1) is 17.0. The standard InChI is InChI=1S/C20H21N3O2S/c24-20(16-13-18(25-22-16)15-7-2-1-3-8-15)21-14-17(19-9-6-12-26-19)23-10-4-5-11-23/h1-3,6-9,12-13,17H,4-5,10-11,14H2,(H,21,24)/t17-/m0/s1. The predicted octanol–water partition coefficient (Wildman–Crippen LogP) is 3.97. The summed E-state index contributed by atoms with van der Waals surface area (Å²) in [6.07, 6.45) is 2.44. The molecule has 0 bridgehead atoms. The van der Waals surface area contributed by atoms with Gasteiger partial charge in [0.1, 0.15) is 0 Å². The maximum atomic E-state index is 12.5. The van der Waals surface area contributed by atoms with Crippen molar-refractivity contribution in [1.82, 2.24) is 15.4 Å². The number of aromatic nitrogens is 1. The molecule has 134 valence electrons. The number of hydrogen-bond donors (Lipinski definition) is 1. The maximum absolute atomic E-state index is 12.5. The minimum absolute atomic E-state index is 0.198. The Morgan fingerprint density at radius 1 is 1.19 bits per heavy atom. The highest BCUT2D eigenvalue weighted by atomic mass is 32.1. The van der Waals surface area contributed by atoms with Gasteiger partial charge >= 0.3 is 0 Å². The van der Waals surface area contributed by atoms with Crippen LogP contribution in [0, 0.1) is 0 Å². The topological polar surface area (TPSA) is 58.4 Å². The minimum atomic E-state index is -0.198. The van der Waals surface area contributed by atoms with Crippen LogP contribution < -0.4 is 5.32 Å². The van der Waals surface area contributed by atoms with E-state index in [-0.39, 0.29) is 11.9 Å². The van der Waals surface area contributed by atoms with E-state index in [1.807, 2.05) is 30.3 Å². The Bertz CT molecular complexity index is 839. The lowest BCUT2D eigenvalue weighted by molar-refractivity contribution is 0.0929. The van der Waals surface area contributed by atoms with E-state index in [9.17, 15) is 4.79 Å².